The molecule has 3 N–H and O–H groups in total. The summed E-state index contributed by atoms with van der Waals surface area (Å²) in [5.41, 5.74) is 2.13. The number of rotatable bonds is 8. The van der Waals surface area contributed by atoms with Crippen LogP contribution in [-0.2, 0) is 0 Å². The molecular formula is C18H20O4S. The Morgan fingerprint density at radius 3 is 2.17 bits per heavy atom. The molecule has 2 aromatic rings. The lowest BCUT2D eigenvalue weighted by molar-refractivity contribution is 0.0702. The maximum Gasteiger partial charge on any atom is 0.345 e. The van der Waals surface area contributed by atoms with E-state index in [4.69, 9.17) is 15.3 Å². The molecule has 4 nitrogen and oxygen atoms in total. The molecule has 0 aliphatic rings. The van der Waals surface area contributed by atoms with Gasteiger partial charge in [0.15, 0.2) is 0 Å². The predicted octanol–water partition coefficient (Wildman–Crippen LogP) is 3.47. The van der Waals surface area contributed by atoms with Crippen molar-refractivity contribution in [2.75, 3.05) is 13.2 Å². The number of aromatic carboxylic acids is 1. The van der Waals surface area contributed by atoms with Gasteiger partial charge in [-0.3, -0.25) is 0 Å². The van der Waals surface area contributed by atoms with Crippen LogP contribution in [0.3, 0.4) is 0 Å². The molecule has 0 atom stereocenters. The molecular weight excluding hydrogens is 312 g/mol. The first-order chi connectivity index (χ1) is 11.1. The molecule has 2 rings (SSSR count). The smallest absolute Gasteiger partial charge is 0.345 e. The summed E-state index contributed by atoms with van der Waals surface area (Å²) in [5.74, 6) is -0.740. The van der Waals surface area contributed by atoms with Gasteiger partial charge in [-0.15, -0.1) is 11.3 Å². The van der Waals surface area contributed by atoms with Crippen molar-refractivity contribution in [1.29, 1.82) is 0 Å². The minimum absolute atomic E-state index is 0.108. The van der Waals surface area contributed by atoms with E-state index in [2.05, 4.69) is 0 Å². The number of benzene rings is 1. The minimum Gasteiger partial charge on any atom is -0.477 e. The van der Waals surface area contributed by atoms with Crippen LogP contribution < -0.4 is 0 Å². The Bertz CT molecular complexity index is 652. The van der Waals surface area contributed by atoms with E-state index < -0.39 is 5.97 Å². The molecule has 0 spiro atoms. The number of hydrogen-bond donors (Lipinski definition) is 3. The average molecular weight is 332 g/mol. The second-order valence-electron chi connectivity index (χ2n) is 5.23. The standard InChI is InChI=1S/C18H20O4S/c19-11-9-15(10-12-20)14-4-1-13(2-5-14)3-6-16-7-8-17(23-16)18(21)22/h1-8,15,19-20H,9-12H2,(H,21,22)/b6-3+. The van der Waals surface area contributed by atoms with Gasteiger partial charge in [0.2, 0.25) is 0 Å². The molecule has 5 heteroatoms. The largest absolute Gasteiger partial charge is 0.477 e. The molecule has 0 aliphatic heterocycles. The van der Waals surface area contributed by atoms with Crippen LogP contribution >= 0.6 is 11.3 Å². The quantitative estimate of drug-likeness (QED) is 0.692. The van der Waals surface area contributed by atoms with E-state index in [0.717, 1.165) is 16.0 Å². The van der Waals surface area contributed by atoms with E-state index in [1.54, 1.807) is 12.1 Å². The van der Waals surface area contributed by atoms with Gasteiger partial charge in [-0.25, -0.2) is 4.79 Å². The Kier molecular flexibility index (Phi) is 6.52. The van der Waals surface area contributed by atoms with Crippen molar-refractivity contribution in [1.82, 2.24) is 0 Å². The molecule has 0 aliphatic carbocycles. The van der Waals surface area contributed by atoms with Gasteiger partial charge in [0, 0.05) is 18.1 Å². The summed E-state index contributed by atoms with van der Waals surface area (Å²) in [7, 11) is 0. The molecule has 122 valence electrons. The summed E-state index contributed by atoms with van der Waals surface area (Å²) in [6.07, 6.45) is 5.12. The zero-order valence-electron chi connectivity index (χ0n) is 12.7. The van der Waals surface area contributed by atoms with Crippen LogP contribution in [0.15, 0.2) is 36.4 Å². The van der Waals surface area contributed by atoms with Gasteiger partial charge in [0.05, 0.1) is 0 Å². The number of carboxylic acids is 1. The van der Waals surface area contributed by atoms with Gasteiger partial charge in [-0.05, 0) is 48.1 Å². The molecule has 0 saturated heterocycles. The number of carbonyl (C=O) groups is 1. The fraction of sp³-hybridized carbons (Fsp3) is 0.278. The van der Waals surface area contributed by atoms with Gasteiger partial charge < -0.3 is 15.3 Å². The highest BCUT2D eigenvalue weighted by atomic mass is 32.1. The van der Waals surface area contributed by atoms with Gasteiger partial charge in [-0.2, -0.15) is 0 Å². The van der Waals surface area contributed by atoms with Crippen molar-refractivity contribution in [3.8, 4) is 0 Å². The Hall–Kier alpha value is -1.95. The Labute approximate surface area is 139 Å². The monoisotopic (exact) mass is 332 g/mol. The van der Waals surface area contributed by atoms with Crippen LogP contribution in [0.2, 0.25) is 0 Å². The highest BCUT2D eigenvalue weighted by Gasteiger charge is 2.10. The first kappa shape index (κ1) is 17.4. The van der Waals surface area contributed by atoms with Crippen molar-refractivity contribution in [3.63, 3.8) is 0 Å². The van der Waals surface area contributed by atoms with Gasteiger partial charge in [0.1, 0.15) is 4.88 Å². The van der Waals surface area contributed by atoms with Gasteiger partial charge >= 0.3 is 5.97 Å². The normalized spacial score (nSPS) is 11.4. The minimum atomic E-state index is -0.905. The van der Waals surface area contributed by atoms with Crippen molar-refractivity contribution in [2.24, 2.45) is 0 Å². The second-order valence-corrected chi connectivity index (χ2v) is 6.34. The summed E-state index contributed by atoms with van der Waals surface area (Å²) < 4.78 is 0. The summed E-state index contributed by atoms with van der Waals surface area (Å²) >= 11 is 1.24. The van der Waals surface area contributed by atoms with E-state index in [0.29, 0.717) is 17.7 Å². The van der Waals surface area contributed by atoms with Crippen molar-refractivity contribution < 1.29 is 20.1 Å². The van der Waals surface area contributed by atoms with Crippen molar-refractivity contribution in [2.45, 2.75) is 18.8 Å². The molecule has 0 radical (unpaired) electrons. The fourth-order valence-electron chi connectivity index (χ4n) is 2.40. The number of hydrogen-bond acceptors (Lipinski definition) is 4. The van der Waals surface area contributed by atoms with Crippen LogP contribution in [0, 0.1) is 0 Å². The second kappa shape index (κ2) is 8.62. The molecule has 1 aromatic heterocycles. The molecule has 1 heterocycles. The highest BCUT2D eigenvalue weighted by molar-refractivity contribution is 7.14. The Balaban J connectivity index is 2.06. The van der Waals surface area contributed by atoms with Crippen LogP contribution in [0.4, 0.5) is 0 Å². The lowest BCUT2D eigenvalue weighted by Crippen LogP contribution is -2.04. The summed E-state index contributed by atoms with van der Waals surface area (Å²) in [5, 5.41) is 27.1. The zero-order chi connectivity index (χ0) is 16.7. The fourth-order valence-corrected chi connectivity index (χ4v) is 3.15. The van der Waals surface area contributed by atoms with E-state index in [1.165, 1.54) is 11.3 Å². The third-order valence-electron chi connectivity index (χ3n) is 3.64. The van der Waals surface area contributed by atoms with Crippen molar-refractivity contribution in [3.05, 3.63) is 57.3 Å². The highest BCUT2D eigenvalue weighted by Crippen LogP contribution is 2.24. The van der Waals surface area contributed by atoms with Crippen LogP contribution in [0.5, 0.6) is 0 Å². The molecule has 0 amide bonds. The molecule has 0 unspecified atom stereocenters. The van der Waals surface area contributed by atoms with E-state index >= 15 is 0 Å². The predicted molar refractivity (Wildman–Crippen MR) is 92.8 cm³/mol. The summed E-state index contributed by atoms with van der Waals surface area (Å²) in [6, 6.07) is 11.4. The molecule has 0 fully saturated rings. The third kappa shape index (κ3) is 5.03. The van der Waals surface area contributed by atoms with E-state index in [1.807, 2.05) is 36.4 Å². The maximum absolute atomic E-state index is 10.8. The Morgan fingerprint density at radius 1 is 1.00 bits per heavy atom. The third-order valence-corrected chi connectivity index (χ3v) is 4.68. The van der Waals surface area contributed by atoms with Crippen LogP contribution in [-0.4, -0.2) is 34.5 Å². The number of thiophene rings is 1. The van der Waals surface area contributed by atoms with Crippen molar-refractivity contribution >= 4 is 29.5 Å². The first-order valence-electron chi connectivity index (χ1n) is 7.47. The topological polar surface area (TPSA) is 77.8 Å². The van der Waals surface area contributed by atoms with Crippen LogP contribution in [0.25, 0.3) is 12.2 Å². The average Bonchev–Trinajstić information content (AvgIpc) is 3.02. The molecule has 23 heavy (non-hydrogen) atoms. The zero-order valence-corrected chi connectivity index (χ0v) is 13.5. The van der Waals surface area contributed by atoms with E-state index in [-0.39, 0.29) is 19.1 Å². The summed E-state index contributed by atoms with van der Waals surface area (Å²) in [6.45, 7) is 0.215. The van der Waals surface area contributed by atoms with E-state index in [9.17, 15) is 4.79 Å². The van der Waals surface area contributed by atoms with Gasteiger partial charge in [-0.1, -0.05) is 30.3 Å². The molecule has 0 saturated carbocycles. The number of carboxylic acid groups (broad SMARTS) is 1. The summed E-state index contributed by atoms with van der Waals surface area (Å²) in [4.78, 5) is 12.1. The Morgan fingerprint density at radius 2 is 1.65 bits per heavy atom. The first-order valence-corrected chi connectivity index (χ1v) is 8.28. The number of aliphatic hydroxyl groups excluding tert-OH is 2. The molecule has 1 aromatic carbocycles. The molecule has 0 bridgehead atoms. The SMILES string of the molecule is O=C(O)c1ccc(/C=C/c2ccc(C(CCO)CCO)cc2)s1. The van der Waals surface area contributed by atoms with Crippen LogP contribution in [0.1, 0.15) is 44.4 Å². The number of aliphatic hydroxyl groups is 2. The van der Waals surface area contributed by atoms with Gasteiger partial charge in [0.25, 0.3) is 0 Å². The maximum atomic E-state index is 10.8. The lowest BCUT2D eigenvalue weighted by atomic mass is 9.92. The lowest BCUT2D eigenvalue weighted by Gasteiger charge is -2.15.